The standard InChI is InChI=1S/C15H13BrN2O3/c1-21-14-7-11(12(16)8-13(14)19)9-17-18-15(20)10-5-3-2-4-6-10/h2-9,19H,1H3,(H,18,20). The van der Waals surface area contributed by atoms with Gasteiger partial charge in [-0.2, -0.15) is 5.10 Å². The van der Waals surface area contributed by atoms with E-state index in [1.165, 1.54) is 19.4 Å². The number of amides is 1. The van der Waals surface area contributed by atoms with Crippen molar-refractivity contribution in [1.29, 1.82) is 0 Å². The van der Waals surface area contributed by atoms with Crippen LogP contribution in [0.25, 0.3) is 0 Å². The maximum absolute atomic E-state index is 11.8. The number of hydrogen-bond acceptors (Lipinski definition) is 4. The molecule has 5 nitrogen and oxygen atoms in total. The second-order valence-electron chi connectivity index (χ2n) is 4.11. The summed E-state index contributed by atoms with van der Waals surface area (Å²) < 4.78 is 5.66. The highest BCUT2D eigenvalue weighted by Gasteiger charge is 2.07. The van der Waals surface area contributed by atoms with E-state index in [0.29, 0.717) is 21.3 Å². The molecule has 2 aromatic carbocycles. The minimum Gasteiger partial charge on any atom is -0.504 e. The molecule has 0 atom stereocenters. The van der Waals surface area contributed by atoms with Crippen molar-refractivity contribution >= 4 is 28.1 Å². The van der Waals surface area contributed by atoms with Crippen molar-refractivity contribution in [2.45, 2.75) is 0 Å². The molecule has 6 heteroatoms. The number of carbonyl (C=O) groups excluding carboxylic acids is 1. The number of hydrogen-bond donors (Lipinski definition) is 2. The molecule has 2 rings (SSSR count). The number of halogens is 1. The number of nitrogens with zero attached hydrogens (tertiary/aromatic N) is 1. The van der Waals surface area contributed by atoms with Crippen molar-refractivity contribution in [1.82, 2.24) is 5.43 Å². The number of phenols is 1. The minimum atomic E-state index is -0.297. The molecule has 21 heavy (non-hydrogen) atoms. The Hall–Kier alpha value is -2.34. The first-order valence-electron chi connectivity index (χ1n) is 6.06. The average Bonchev–Trinajstić information content (AvgIpc) is 2.50. The van der Waals surface area contributed by atoms with Gasteiger partial charge >= 0.3 is 0 Å². The van der Waals surface area contributed by atoms with Gasteiger partial charge in [0.25, 0.3) is 5.91 Å². The van der Waals surface area contributed by atoms with Crippen molar-refractivity contribution in [3.8, 4) is 11.5 Å². The summed E-state index contributed by atoms with van der Waals surface area (Å²) in [4.78, 5) is 11.8. The molecule has 0 aromatic heterocycles. The molecule has 0 saturated heterocycles. The van der Waals surface area contributed by atoms with Crippen molar-refractivity contribution < 1.29 is 14.6 Å². The van der Waals surface area contributed by atoms with Crippen molar-refractivity contribution in [3.63, 3.8) is 0 Å². The molecular formula is C15H13BrN2O3. The van der Waals surface area contributed by atoms with Crippen LogP contribution in [0.4, 0.5) is 0 Å². The van der Waals surface area contributed by atoms with Gasteiger partial charge < -0.3 is 9.84 Å². The van der Waals surface area contributed by atoms with Gasteiger partial charge in [-0.25, -0.2) is 5.43 Å². The highest BCUT2D eigenvalue weighted by Crippen LogP contribution is 2.31. The Morgan fingerprint density at radius 3 is 2.71 bits per heavy atom. The number of methoxy groups -OCH3 is 1. The Morgan fingerprint density at radius 1 is 1.33 bits per heavy atom. The molecule has 2 aromatic rings. The molecule has 0 saturated carbocycles. The van der Waals surface area contributed by atoms with Crippen molar-refractivity contribution in [2.24, 2.45) is 5.10 Å². The van der Waals surface area contributed by atoms with Gasteiger partial charge in [-0.3, -0.25) is 4.79 Å². The highest BCUT2D eigenvalue weighted by atomic mass is 79.9. The van der Waals surface area contributed by atoms with Crippen LogP contribution in [-0.2, 0) is 0 Å². The van der Waals surface area contributed by atoms with E-state index < -0.39 is 0 Å². The van der Waals surface area contributed by atoms with E-state index in [0.717, 1.165) is 0 Å². The maximum atomic E-state index is 11.8. The number of aromatic hydroxyl groups is 1. The molecule has 0 unspecified atom stereocenters. The van der Waals surface area contributed by atoms with Crippen LogP contribution in [0.1, 0.15) is 15.9 Å². The van der Waals surface area contributed by atoms with Gasteiger partial charge in [-0.05, 0) is 40.2 Å². The Kier molecular flexibility index (Phi) is 4.94. The van der Waals surface area contributed by atoms with Gasteiger partial charge in [-0.15, -0.1) is 0 Å². The van der Waals surface area contributed by atoms with Crippen LogP contribution in [0.5, 0.6) is 11.5 Å². The third kappa shape index (κ3) is 3.82. The largest absolute Gasteiger partial charge is 0.504 e. The fourth-order valence-corrected chi connectivity index (χ4v) is 2.07. The topological polar surface area (TPSA) is 70.9 Å². The van der Waals surface area contributed by atoms with Crippen LogP contribution in [0.2, 0.25) is 0 Å². The number of phenolic OH excluding ortho intramolecular Hbond substituents is 1. The third-order valence-electron chi connectivity index (χ3n) is 2.70. The average molecular weight is 349 g/mol. The lowest BCUT2D eigenvalue weighted by atomic mass is 10.2. The van der Waals surface area contributed by atoms with Gasteiger partial charge in [0, 0.05) is 15.6 Å². The molecule has 108 valence electrons. The van der Waals surface area contributed by atoms with E-state index in [2.05, 4.69) is 26.5 Å². The number of rotatable bonds is 4. The van der Waals surface area contributed by atoms with Gasteiger partial charge in [0.15, 0.2) is 11.5 Å². The molecule has 0 aliphatic carbocycles. The second-order valence-corrected chi connectivity index (χ2v) is 4.97. The fourth-order valence-electron chi connectivity index (χ4n) is 1.64. The van der Waals surface area contributed by atoms with Gasteiger partial charge in [0.05, 0.1) is 13.3 Å². The number of ether oxygens (including phenoxy) is 1. The molecule has 0 heterocycles. The third-order valence-corrected chi connectivity index (χ3v) is 3.39. The Bertz CT molecular complexity index is 672. The molecule has 0 radical (unpaired) electrons. The first-order chi connectivity index (χ1) is 10.1. The summed E-state index contributed by atoms with van der Waals surface area (Å²) in [5, 5.41) is 13.5. The predicted molar refractivity (Wildman–Crippen MR) is 83.9 cm³/mol. The van der Waals surface area contributed by atoms with Crippen LogP contribution in [0.15, 0.2) is 52.0 Å². The molecule has 0 aliphatic rings. The van der Waals surface area contributed by atoms with E-state index in [4.69, 9.17) is 4.74 Å². The van der Waals surface area contributed by atoms with Crippen LogP contribution in [0, 0.1) is 0 Å². The lowest BCUT2D eigenvalue weighted by Gasteiger charge is -2.06. The van der Waals surface area contributed by atoms with Crippen LogP contribution >= 0.6 is 15.9 Å². The normalized spacial score (nSPS) is 10.6. The number of nitrogens with one attached hydrogen (secondary N) is 1. The number of benzene rings is 2. The summed E-state index contributed by atoms with van der Waals surface area (Å²) in [6.45, 7) is 0. The first kappa shape index (κ1) is 15.1. The van der Waals surface area contributed by atoms with Gasteiger partial charge in [0.2, 0.25) is 0 Å². The zero-order valence-electron chi connectivity index (χ0n) is 11.2. The molecule has 0 bridgehead atoms. The lowest BCUT2D eigenvalue weighted by Crippen LogP contribution is -2.17. The molecule has 0 fully saturated rings. The van der Waals surface area contributed by atoms with E-state index in [1.54, 1.807) is 30.3 Å². The summed E-state index contributed by atoms with van der Waals surface area (Å²) in [6.07, 6.45) is 1.47. The highest BCUT2D eigenvalue weighted by molar-refractivity contribution is 9.10. The number of carbonyl (C=O) groups is 1. The van der Waals surface area contributed by atoms with Crippen molar-refractivity contribution in [2.75, 3.05) is 7.11 Å². The van der Waals surface area contributed by atoms with Gasteiger partial charge in [-0.1, -0.05) is 18.2 Å². The fraction of sp³-hybridized carbons (Fsp3) is 0.0667. The summed E-state index contributed by atoms with van der Waals surface area (Å²) in [5.41, 5.74) is 3.62. The molecule has 2 N–H and O–H groups in total. The summed E-state index contributed by atoms with van der Waals surface area (Å²) >= 11 is 3.30. The quantitative estimate of drug-likeness (QED) is 0.659. The molecule has 0 spiro atoms. The van der Waals surface area contributed by atoms with Crippen LogP contribution < -0.4 is 10.2 Å². The maximum Gasteiger partial charge on any atom is 0.271 e. The summed E-state index contributed by atoms with van der Waals surface area (Å²) in [6, 6.07) is 11.9. The van der Waals surface area contributed by atoms with E-state index in [-0.39, 0.29) is 11.7 Å². The Morgan fingerprint density at radius 2 is 2.05 bits per heavy atom. The van der Waals surface area contributed by atoms with E-state index >= 15 is 0 Å². The van der Waals surface area contributed by atoms with E-state index in [9.17, 15) is 9.90 Å². The SMILES string of the molecule is COc1cc(C=NNC(=O)c2ccccc2)c(Br)cc1O. The molecular weight excluding hydrogens is 336 g/mol. The minimum absolute atomic E-state index is 0.0230. The zero-order chi connectivity index (χ0) is 15.2. The lowest BCUT2D eigenvalue weighted by molar-refractivity contribution is 0.0955. The Balaban J connectivity index is 2.10. The Labute approximate surface area is 130 Å². The molecule has 1 amide bonds. The summed E-state index contributed by atoms with van der Waals surface area (Å²) in [5.74, 6) is 0.0533. The van der Waals surface area contributed by atoms with Crippen molar-refractivity contribution in [3.05, 3.63) is 58.1 Å². The van der Waals surface area contributed by atoms with E-state index in [1.807, 2.05) is 6.07 Å². The molecule has 0 aliphatic heterocycles. The van der Waals surface area contributed by atoms with Crippen LogP contribution in [-0.4, -0.2) is 24.3 Å². The summed E-state index contributed by atoms with van der Waals surface area (Å²) in [7, 11) is 1.46. The second kappa shape index (κ2) is 6.90. The van der Waals surface area contributed by atoms with Crippen LogP contribution in [0.3, 0.4) is 0 Å². The van der Waals surface area contributed by atoms with Gasteiger partial charge in [0.1, 0.15) is 0 Å². The number of hydrazone groups is 1. The monoisotopic (exact) mass is 348 g/mol. The first-order valence-corrected chi connectivity index (χ1v) is 6.86. The smallest absolute Gasteiger partial charge is 0.271 e. The zero-order valence-corrected chi connectivity index (χ0v) is 12.8. The predicted octanol–water partition coefficient (Wildman–Crippen LogP) is 2.93.